The molecule has 1 fully saturated rings. The molecule has 0 radical (unpaired) electrons. The van der Waals surface area contributed by atoms with E-state index in [1.807, 2.05) is 0 Å². The maximum atomic E-state index is 12.7. The maximum absolute atomic E-state index is 12.7. The standard InChI is InChI=1S/C16H21NO6S/c1-22-14-6-4-3-5-12(14)9-15(18)17(10-16(19)23-2)13-7-8-24(20,21)11-13/h3-6,13H,7-11H2,1-2H3. The van der Waals surface area contributed by atoms with Crippen LogP contribution in [0.4, 0.5) is 0 Å². The van der Waals surface area contributed by atoms with Crippen LogP contribution in [0.2, 0.25) is 0 Å². The number of esters is 1. The van der Waals surface area contributed by atoms with Gasteiger partial charge in [0.05, 0.1) is 32.1 Å². The van der Waals surface area contributed by atoms with Gasteiger partial charge < -0.3 is 14.4 Å². The zero-order chi connectivity index (χ0) is 17.7. The van der Waals surface area contributed by atoms with Crippen LogP contribution >= 0.6 is 0 Å². The smallest absolute Gasteiger partial charge is 0.325 e. The monoisotopic (exact) mass is 355 g/mol. The van der Waals surface area contributed by atoms with E-state index in [4.69, 9.17) is 4.74 Å². The summed E-state index contributed by atoms with van der Waals surface area (Å²) < 4.78 is 33.3. The van der Waals surface area contributed by atoms with Gasteiger partial charge in [-0.1, -0.05) is 18.2 Å². The first-order valence-corrected chi connectivity index (χ1v) is 9.37. The highest BCUT2D eigenvalue weighted by Gasteiger charge is 2.35. The molecule has 8 heteroatoms. The number of methoxy groups -OCH3 is 2. The minimum atomic E-state index is -3.17. The minimum absolute atomic E-state index is 0.0251. The second kappa shape index (κ2) is 7.65. The number of hydrogen-bond donors (Lipinski definition) is 0. The van der Waals surface area contributed by atoms with Crippen molar-refractivity contribution in [3.05, 3.63) is 29.8 Å². The Bertz CT molecular complexity index is 715. The molecule has 1 unspecified atom stereocenters. The molecule has 0 spiro atoms. The van der Waals surface area contributed by atoms with E-state index in [2.05, 4.69) is 4.74 Å². The summed E-state index contributed by atoms with van der Waals surface area (Å²) in [6.45, 7) is -0.259. The Hall–Kier alpha value is -2.09. The lowest BCUT2D eigenvalue weighted by atomic mass is 10.1. The zero-order valence-corrected chi connectivity index (χ0v) is 14.5. The van der Waals surface area contributed by atoms with Gasteiger partial charge in [0.25, 0.3) is 0 Å². The zero-order valence-electron chi connectivity index (χ0n) is 13.7. The molecule has 132 valence electrons. The van der Waals surface area contributed by atoms with Crippen LogP contribution in [-0.4, -0.2) is 63.5 Å². The van der Waals surface area contributed by atoms with Gasteiger partial charge in [-0.2, -0.15) is 0 Å². The number of carbonyl (C=O) groups is 2. The largest absolute Gasteiger partial charge is 0.496 e. The summed E-state index contributed by atoms with van der Waals surface area (Å²) in [7, 11) is -0.427. The molecule has 1 atom stereocenters. The second-order valence-electron chi connectivity index (χ2n) is 5.64. The molecule has 7 nitrogen and oxygen atoms in total. The van der Waals surface area contributed by atoms with E-state index in [0.717, 1.165) is 0 Å². The molecule has 1 aliphatic heterocycles. The fraction of sp³-hybridized carbons (Fsp3) is 0.500. The van der Waals surface area contributed by atoms with Crippen molar-refractivity contribution in [2.75, 3.05) is 32.3 Å². The quantitative estimate of drug-likeness (QED) is 0.687. The summed E-state index contributed by atoms with van der Waals surface area (Å²) in [6.07, 6.45) is 0.356. The van der Waals surface area contributed by atoms with Crippen molar-refractivity contribution in [3.8, 4) is 5.75 Å². The average molecular weight is 355 g/mol. The number of rotatable bonds is 6. The van der Waals surface area contributed by atoms with Gasteiger partial charge in [-0.15, -0.1) is 0 Å². The van der Waals surface area contributed by atoms with Crippen molar-refractivity contribution < 1.29 is 27.5 Å². The number of carbonyl (C=O) groups excluding carboxylic acids is 2. The van der Waals surface area contributed by atoms with Gasteiger partial charge in [-0.3, -0.25) is 9.59 Å². The van der Waals surface area contributed by atoms with Gasteiger partial charge in [0.15, 0.2) is 9.84 Å². The van der Waals surface area contributed by atoms with Crippen LogP contribution in [0, 0.1) is 0 Å². The summed E-state index contributed by atoms with van der Waals surface area (Å²) >= 11 is 0. The van der Waals surface area contributed by atoms with Gasteiger partial charge in [0.1, 0.15) is 12.3 Å². The number of benzene rings is 1. The summed E-state index contributed by atoms with van der Waals surface area (Å²) in [6, 6.07) is 6.58. The van der Waals surface area contributed by atoms with E-state index in [1.54, 1.807) is 24.3 Å². The predicted octanol–water partition coefficient (Wildman–Crippen LogP) is 0.426. The first kappa shape index (κ1) is 18.3. The van der Waals surface area contributed by atoms with Crippen molar-refractivity contribution in [2.45, 2.75) is 18.9 Å². The Morgan fingerprint density at radius 2 is 1.96 bits per heavy atom. The molecule has 2 rings (SSSR count). The predicted molar refractivity (Wildman–Crippen MR) is 87.5 cm³/mol. The molecule has 1 saturated heterocycles. The Balaban J connectivity index is 2.19. The molecule has 0 aromatic heterocycles. The van der Waals surface area contributed by atoms with Crippen LogP contribution in [0.5, 0.6) is 5.75 Å². The minimum Gasteiger partial charge on any atom is -0.496 e. The SMILES string of the molecule is COC(=O)CN(C(=O)Cc1ccccc1OC)C1CCS(=O)(=O)C1. The first-order valence-electron chi connectivity index (χ1n) is 7.55. The summed E-state index contributed by atoms with van der Waals surface area (Å²) in [5.41, 5.74) is 0.681. The third kappa shape index (κ3) is 4.47. The molecule has 0 bridgehead atoms. The van der Waals surface area contributed by atoms with Crippen molar-refractivity contribution in [1.29, 1.82) is 0 Å². The summed E-state index contributed by atoms with van der Waals surface area (Å²) in [5, 5.41) is 0. The molecule has 1 aromatic carbocycles. The molecule has 1 heterocycles. The number of sulfone groups is 1. The van der Waals surface area contributed by atoms with Crippen molar-refractivity contribution >= 4 is 21.7 Å². The average Bonchev–Trinajstić information content (AvgIpc) is 2.92. The van der Waals surface area contributed by atoms with E-state index in [-0.39, 0.29) is 30.4 Å². The van der Waals surface area contributed by atoms with E-state index >= 15 is 0 Å². The number of nitrogens with zero attached hydrogens (tertiary/aromatic N) is 1. The van der Waals surface area contributed by atoms with Crippen LogP contribution in [0.1, 0.15) is 12.0 Å². The second-order valence-corrected chi connectivity index (χ2v) is 7.87. The van der Waals surface area contributed by atoms with E-state index in [1.165, 1.54) is 19.1 Å². The van der Waals surface area contributed by atoms with Crippen molar-refractivity contribution in [3.63, 3.8) is 0 Å². The molecular weight excluding hydrogens is 334 g/mol. The lowest BCUT2D eigenvalue weighted by Crippen LogP contribution is -2.45. The molecule has 1 aromatic rings. The summed E-state index contributed by atoms with van der Waals surface area (Å²) in [5.74, 6) is -0.429. The van der Waals surface area contributed by atoms with Gasteiger partial charge in [-0.05, 0) is 12.5 Å². The normalized spacial score (nSPS) is 18.8. The summed E-state index contributed by atoms with van der Waals surface area (Å²) in [4.78, 5) is 25.6. The highest BCUT2D eigenvalue weighted by atomic mass is 32.2. The lowest BCUT2D eigenvalue weighted by Gasteiger charge is -2.27. The number of ether oxygens (including phenoxy) is 2. The Morgan fingerprint density at radius 1 is 1.25 bits per heavy atom. The van der Waals surface area contributed by atoms with Gasteiger partial charge in [-0.25, -0.2) is 8.42 Å². The van der Waals surface area contributed by atoms with Crippen LogP contribution < -0.4 is 4.74 Å². The fourth-order valence-electron chi connectivity index (χ4n) is 2.76. The molecular formula is C16H21NO6S. The van der Waals surface area contributed by atoms with E-state index < -0.39 is 21.8 Å². The molecule has 0 N–H and O–H groups in total. The Labute approximate surface area is 141 Å². The lowest BCUT2D eigenvalue weighted by molar-refractivity contribution is -0.148. The van der Waals surface area contributed by atoms with Gasteiger partial charge in [0, 0.05) is 11.6 Å². The Morgan fingerprint density at radius 3 is 2.54 bits per heavy atom. The molecule has 1 amide bonds. The Kier molecular flexibility index (Phi) is 5.82. The van der Waals surface area contributed by atoms with E-state index in [9.17, 15) is 18.0 Å². The number of amides is 1. The van der Waals surface area contributed by atoms with Crippen LogP contribution in [0.3, 0.4) is 0 Å². The first-order chi connectivity index (χ1) is 11.4. The molecule has 0 saturated carbocycles. The molecule has 24 heavy (non-hydrogen) atoms. The highest BCUT2D eigenvalue weighted by Crippen LogP contribution is 2.22. The fourth-order valence-corrected chi connectivity index (χ4v) is 4.49. The molecule has 0 aliphatic carbocycles. The van der Waals surface area contributed by atoms with Crippen molar-refractivity contribution in [1.82, 2.24) is 4.90 Å². The van der Waals surface area contributed by atoms with E-state index in [0.29, 0.717) is 17.7 Å². The third-order valence-corrected chi connectivity index (χ3v) is 5.78. The highest BCUT2D eigenvalue weighted by molar-refractivity contribution is 7.91. The maximum Gasteiger partial charge on any atom is 0.325 e. The number of para-hydroxylation sites is 1. The van der Waals surface area contributed by atoms with Crippen LogP contribution in [-0.2, 0) is 30.6 Å². The van der Waals surface area contributed by atoms with Gasteiger partial charge >= 0.3 is 5.97 Å². The van der Waals surface area contributed by atoms with Crippen LogP contribution in [0.15, 0.2) is 24.3 Å². The third-order valence-electron chi connectivity index (χ3n) is 4.03. The van der Waals surface area contributed by atoms with Crippen LogP contribution in [0.25, 0.3) is 0 Å². The van der Waals surface area contributed by atoms with Crippen molar-refractivity contribution in [2.24, 2.45) is 0 Å². The molecule has 1 aliphatic rings. The van der Waals surface area contributed by atoms with Gasteiger partial charge in [0.2, 0.25) is 5.91 Å². The number of hydrogen-bond acceptors (Lipinski definition) is 6. The topological polar surface area (TPSA) is 90.0 Å².